The number of benzene rings is 2. The van der Waals surface area contributed by atoms with Crippen molar-refractivity contribution in [3.63, 3.8) is 0 Å². The molecule has 1 fully saturated rings. The van der Waals surface area contributed by atoms with E-state index in [0.717, 1.165) is 10.8 Å². The van der Waals surface area contributed by atoms with Crippen LogP contribution in [0, 0.1) is 5.92 Å². The number of hydrogen-bond donors (Lipinski definition) is 1. The highest BCUT2D eigenvalue weighted by Gasteiger charge is 2.47. The van der Waals surface area contributed by atoms with Gasteiger partial charge in [-0.3, -0.25) is 0 Å². The van der Waals surface area contributed by atoms with Gasteiger partial charge in [0.15, 0.2) is 0 Å². The Labute approximate surface area is 125 Å². The summed E-state index contributed by atoms with van der Waals surface area (Å²) in [5, 5.41) is 1.70. The Hall–Kier alpha value is -1.43. The molecule has 0 saturated carbocycles. The lowest BCUT2D eigenvalue weighted by Crippen LogP contribution is -2.70. The summed E-state index contributed by atoms with van der Waals surface area (Å²) in [7, 11) is -3.48. The van der Waals surface area contributed by atoms with Crippen molar-refractivity contribution >= 4 is 20.8 Å². The van der Waals surface area contributed by atoms with Crippen molar-refractivity contribution in [2.75, 3.05) is 13.1 Å². The molecular weight excluding hydrogens is 284 g/mol. The lowest BCUT2D eigenvalue weighted by atomic mass is 9.82. The van der Waals surface area contributed by atoms with Crippen molar-refractivity contribution in [1.82, 2.24) is 4.31 Å². The Morgan fingerprint density at radius 2 is 1.71 bits per heavy atom. The van der Waals surface area contributed by atoms with Gasteiger partial charge in [0.2, 0.25) is 10.0 Å². The van der Waals surface area contributed by atoms with Crippen molar-refractivity contribution in [2.24, 2.45) is 11.7 Å². The van der Waals surface area contributed by atoms with Crippen LogP contribution >= 0.6 is 0 Å². The van der Waals surface area contributed by atoms with Crippen LogP contribution in [0.3, 0.4) is 0 Å². The van der Waals surface area contributed by atoms with Crippen LogP contribution in [0.15, 0.2) is 47.4 Å². The molecule has 4 nitrogen and oxygen atoms in total. The van der Waals surface area contributed by atoms with Gasteiger partial charge >= 0.3 is 0 Å². The predicted octanol–water partition coefficient (Wildman–Crippen LogP) is 2.20. The van der Waals surface area contributed by atoms with Crippen LogP contribution < -0.4 is 5.73 Å². The molecule has 1 heterocycles. The SMILES string of the molecule is CC(C)C1(N)CN(S(=O)(=O)c2cccc3ccccc23)C1. The highest BCUT2D eigenvalue weighted by atomic mass is 32.2. The van der Waals surface area contributed by atoms with E-state index in [1.165, 1.54) is 4.31 Å². The molecule has 2 aromatic rings. The fourth-order valence-electron chi connectivity index (χ4n) is 2.71. The second-order valence-electron chi connectivity index (χ2n) is 6.14. The van der Waals surface area contributed by atoms with E-state index in [-0.39, 0.29) is 5.92 Å². The monoisotopic (exact) mass is 304 g/mol. The van der Waals surface area contributed by atoms with Crippen molar-refractivity contribution in [3.8, 4) is 0 Å². The molecule has 112 valence electrons. The minimum absolute atomic E-state index is 0.261. The third-order valence-corrected chi connectivity index (χ3v) is 6.31. The number of nitrogens with two attached hydrogens (primary N) is 1. The number of nitrogens with zero attached hydrogens (tertiary/aromatic N) is 1. The van der Waals surface area contributed by atoms with E-state index in [9.17, 15) is 8.42 Å². The summed E-state index contributed by atoms with van der Waals surface area (Å²) < 4.78 is 27.1. The van der Waals surface area contributed by atoms with Crippen LogP contribution in [-0.2, 0) is 10.0 Å². The zero-order chi connectivity index (χ0) is 15.3. The highest BCUT2D eigenvalue weighted by Crippen LogP contribution is 2.33. The van der Waals surface area contributed by atoms with Crippen molar-refractivity contribution in [3.05, 3.63) is 42.5 Å². The zero-order valence-electron chi connectivity index (χ0n) is 12.3. The lowest BCUT2D eigenvalue weighted by molar-refractivity contribution is 0.110. The molecule has 0 radical (unpaired) electrons. The van der Waals surface area contributed by atoms with E-state index < -0.39 is 15.6 Å². The van der Waals surface area contributed by atoms with Crippen LogP contribution in [0.2, 0.25) is 0 Å². The molecule has 0 atom stereocenters. The summed E-state index contributed by atoms with van der Waals surface area (Å²) in [6.07, 6.45) is 0. The van der Waals surface area contributed by atoms with Gasteiger partial charge in [-0.05, 0) is 17.4 Å². The average molecular weight is 304 g/mol. The third kappa shape index (κ3) is 2.25. The summed E-state index contributed by atoms with van der Waals surface area (Å²) in [6.45, 7) is 4.83. The quantitative estimate of drug-likeness (QED) is 0.945. The second kappa shape index (κ2) is 4.80. The topological polar surface area (TPSA) is 63.4 Å². The van der Waals surface area contributed by atoms with Gasteiger partial charge in [-0.1, -0.05) is 50.2 Å². The standard InChI is InChI=1S/C16H20N2O2S/c1-12(2)16(17)10-18(11-16)21(19,20)15-9-5-7-13-6-3-4-8-14(13)15/h3-9,12H,10-11,17H2,1-2H3. The Balaban J connectivity index is 2.00. The number of hydrogen-bond acceptors (Lipinski definition) is 3. The van der Waals surface area contributed by atoms with Crippen molar-refractivity contribution < 1.29 is 8.42 Å². The Morgan fingerprint density at radius 1 is 1.10 bits per heavy atom. The van der Waals surface area contributed by atoms with Gasteiger partial charge in [0.05, 0.1) is 4.90 Å². The van der Waals surface area contributed by atoms with Gasteiger partial charge in [-0.15, -0.1) is 0 Å². The molecule has 1 saturated heterocycles. The van der Waals surface area contributed by atoms with Gasteiger partial charge in [-0.2, -0.15) is 4.31 Å². The Morgan fingerprint density at radius 3 is 2.38 bits per heavy atom. The van der Waals surface area contributed by atoms with Gasteiger partial charge in [0, 0.05) is 24.0 Å². The lowest BCUT2D eigenvalue weighted by Gasteiger charge is -2.49. The first-order valence-electron chi connectivity index (χ1n) is 7.11. The summed E-state index contributed by atoms with van der Waals surface area (Å²) in [6, 6.07) is 12.9. The molecule has 1 aliphatic rings. The molecule has 5 heteroatoms. The summed E-state index contributed by atoms with van der Waals surface area (Å²) in [5.41, 5.74) is 5.81. The van der Waals surface area contributed by atoms with Crippen LogP contribution in [0.25, 0.3) is 10.8 Å². The fraction of sp³-hybridized carbons (Fsp3) is 0.375. The van der Waals surface area contributed by atoms with E-state index >= 15 is 0 Å². The van der Waals surface area contributed by atoms with E-state index in [1.54, 1.807) is 12.1 Å². The van der Waals surface area contributed by atoms with E-state index in [0.29, 0.717) is 18.0 Å². The summed E-state index contributed by atoms with van der Waals surface area (Å²) >= 11 is 0. The molecule has 2 N–H and O–H groups in total. The maximum Gasteiger partial charge on any atom is 0.243 e. The largest absolute Gasteiger partial charge is 0.323 e. The Bertz CT molecular complexity index is 772. The Kier molecular flexibility index (Phi) is 3.31. The number of rotatable bonds is 3. The van der Waals surface area contributed by atoms with Gasteiger partial charge in [0.1, 0.15) is 0 Å². The first-order valence-corrected chi connectivity index (χ1v) is 8.55. The number of sulfonamides is 1. The molecule has 0 aliphatic carbocycles. The predicted molar refractivity (Wildman–Crippen MR) is 84.5 cm³/mol. The average Bonchev–Trinajstić information content (AvgIpc) is 2.42. The maximum atomic E-state index is 12.8. The second-order valence-corrected chi connectivity index (χ2v) is 8.04. The fourth-order valence-corrected chi connectivity index (χ4v) is 4.52. The van der Waals surface area contributed by atoms with Crippen LogP contribution in [0.1, 0.15) is 13.8 Å². The van der Waals surface area contributed by atoms with E-state index in [1.807, 2.05) is 44.2 Å². The maximum absolute atomic E-state index is 12.8. The van der Waals surface area contributed by atoms with E-state index in [2.05, 4.69) is 0 Å². The highest BCUT2D eigenvalue weighted by molar-refractivity contribution is 7.89. The van der Waals surface area contributed by atoms with Crippen LogP contribution in [-0.4, -0.2) is 31.4 Å². The smallest absolute Gasteiger partial charge is 0.243 e. The number of fused-ring (bicyclic) bond motifs is 1. The molecule has 1 aliphatic heterocycles. The first kappa shape index (κ1) is 14.5. The van der Waals surface area contributed by atoms with Gasteiger partial charge in [0.25, 0.3) is 0 Å². The van der Waals surface area contributed by atoms with Crippen LogP contribution in [0.4, 0.5) is 0 Å². The molecule has 0 amide bonds. The molecule has 0 bridgehead atoms. The van der Waals surface area contributed by atoms with Gasteiger partial charge < -0.3 is 5.73 Å². The molecule has 0 unspecified atom stereocenters. The van der Waals surface area contributed by atoms with Crippen LogP contribution in [0.5, 0.6) is 0 Å². The summed E-state index contributed by atoms with van der Waals surface area (Å²) in [5.74, 6) is 0.261. The zero-order valence-corrected chi connectivity index (χ0v) is 13.1. The first-order chi connectivity index (χ1) is 9.84. The molecule has 3 rings (SSSR count). The minimum Gasteiger partial charge on any atom is -0.323 e. The van der Waals surface area contributed by atoms with Crippen molar-refractivity contribution in [1.29, 1.82) is 0 Å². The third-order valence-electron chi connectivity index (χ3n) is 4.46. The van der Waals surface area contributed by atoms with Gasteiger partial charge in [-0.25, -0.2) is 8.42 Å². The van der Waals surface area contributed by atoms with E-state index in [4.69, 9.17) is 5.73 Å². The van der Waals surface area contributed by atoms with Crippen molar-refractivity contribution in [2.45, 2.75) is 24.3 Å². The molecule has 0 spiro atoms. The molecule has 0 aromatic heterocycles. The molecule has 21 heavy (non-hydrogen) atoms. The summed E-state index contributed by atoms with van der Waals surface area (Å²) in [4.78, 5) is 0.367. The normalized spacial score (nSPS) is 18.9. The molecular formula is C16H20N2O2S. The molecule has 2 aromatic carbocycles. The minimum atomic E-state index is -3.48.